The van der Waals surface area contributed by atoms with Crippen LogP contribution in [0.2, 0.25) is 0 Å². The van der Waals surface area contributed by atoms with Crippen molar-refractivity contribution in [2.75, 3.05) is 13.2 Å². The van der Waals surface area contributed by atoms with Gasteiger partial charge in [0.25, 0.3) is 0 Å². The minimum Gasteiger partial charge on any atom is -0.481 e. The highest BCUT2D eigenvalue weighted by Gasteiger charge is 2.41. The second kappa shape index (κ2) is 5.24. The van der Waals surface area contributed by atoms with E-state index in [-0.39, 0.29) is 6.54 Å². The van der Waals surface area contributed by atoms with Gasteiger partial charge in [0.15, 0.2) is 5.82 Å². The smallest absolute Gasteiger partial charge is 0.311 e. The van der Waals surface area contributed by atoms with Crippen molar-refractivity contribution < 1.29 is 14.6 Å². The van der Waals surface area contributed by atoms with Crippen LogP contribution in [0.15, 0.2) is 12.3 Å². The van der Waals surface area contributed by atoms with Gasteiger partial charge in [0, 0.05) is 26.5 Å². The standard InChI is InChI=1S/C12H16N6O3/c1-17-9(2-5-13-17)10-14-15-16-18(10)8-12(11(19)20)3-6-21-7-4-12/h2,5H,3-4,6-8H2,1H3,(H,19,20). The van der Waals surface area contributed by atoms with Gasteiger partial charge in [-0.05, 0) is 29.3 Å². The highest BCUT2D eigenvalue weighted by atomic mass is 16.5. The number of carboxylic acid groups (broad SMARTS) is 1. The predicted molar refractivity (Wildman–Crippen MR) is 70.1 cm³/mol. The maximum atomic E-state index is 11.7. The molecule has 112 valence electrons. The molecule has 3 rings (SSSR count). The summed E-state index contributed by atoms with van der Waals surface area (Å²) in [5, 5.41) is 25.3. The molecule has 2 aromatic heterocycles. The number of nitrogens with zero attached hydrogens (tertiary/aromatic N) is 6. The molecule has 1 aliphatic rings. The zero-order chi connectivity index (χ0) is 14.9. The van der Waals surface area contributed by atoms with Crippen LogP contribution in [-0.4, -0.2) is 54.3 Å². The van der Waals surface area contributed by atoms with Gasteiger partial charge in [0.05, 0.1) is 12.0 Å². The fraction of sp³-hybridized carbons (Fsp3) is 0.583. The largest absolute Gasteiger partial charge is 0.481 e. The highest BCUT2D eigenvalue weighted by molar-refractivity contribution is 5.74. The van der Waals surface area contributed by atoms with E-state index in [1.807, 2.05) is 0 Å². The van der Waals surface area contributed by atoms with Crippen molar-refractivity contribution in [2.45, 2.75) is 19.4 Å². The van der Waals surface area contributed by atoms with E-state index in [0.29, 0.717) is 31.9 Å². The van der Waals surface area contributed by atoms with Crippen molar-refractivity contribution in [3.05, 3.63) is 12.3 Å². The van der Waals surface area contributed by atoms with Crippen LogP contribution in [0.1, 0.15) is 12.8 Å². The molecule has 3 heterocycles. The Kier molecular flexibility index (Phi) is 3.42. The third-order valence-electron chi connectivity index (χ3n) is 3.94. The van der Waals surface area contributed by atoms with Crippen molar-refractivity contribution in [1.29, 1.82) is 0 Å². The third kappa shape index (κ3) is 2.40. The van der Waals surface area contributed by atoms with Crippen LogP contribution in [0.5, 0.6) is 0 Å². The summed E-state index contributed by atoms with van der Waals surface area (Å²) in [6.45, 7) is 1.10. The second-order valence-electron chi connectivity index (χ2n) is 5.20. The molecule has 0 aliphatic carbocycles. The SMILES string of the molecule is Cn1nccc1-c1nnnn1CC1(C(=O)O)CCOCC1. The minimum atomic E-state index is -0.888. The molecule has 9 heteroatoms. The number of aliphatic carboxylic acids is 1. The first-order chi connectivity index (χ1) is 10.1. The van der Waals surface area contributed by atoms with E-state index in [9.17, 15) is 9.90 Å². The number of hydrogen-bond acceptors (Lipinski definition) is 6. The first kappa shape index (κ1) is 13.7. The number of hydrogen-bond donors (Lipinski definition) is 1. The summed E-state index contributed by atoms with van der Waals surface area (Å²) in [6.07, 6.45) is 2.55. The van der Waals surface area contributed by atoms with Crippen LogP contribution < -0.4 is 0 Å². The lowest BCUT2D eigenvalue weighted by Crippen LogP contribution is -2.41. The molecule has 9 nitrogen and oxygen atoms in total. The number of rotatable bonds is 4. The first-order valence-corrected chi connectivity index (χ1v) is 6.68. The molecule has 1 aliphatic heterocycles. The minimum absolute atomic E-state index is 0.221. The van der Waals surface area contributed by atoms with Gasteiger partial charge in [0.1, 0.15) is 5.69 Å². The quantitative estimate of drug-likeness (QED) is 0.841. The molecule has 1 fully saturated rings. The maximum Gasteiger partial charge on any atom is 0.311 e. The third-order valence-corrected chi connectivity index (χ3v) is 3.94. The molecule has 0 aromatic carbocycles. The molecule has 0 spiro atoms. The van der Waals surface area contributed by atoms with E-state index in [4.69, 9.17) is 4.74 Å². The van der Waals surface area contributed by atoms with E-state index in [1.165, 1.54) is 4.68 Å². The summed E-state index contributed by atoms with van der Waals surface area (Å²) < 4.78 is 8.47. The average molecular weight is 292 g/mol. The molecule has 0 bridgehead atoms. The van der Waals surface area contributed by atoms with E-state index in [0.717, 1.165) is 5.69 Å². The van der Waals surface area contributed by atoms with Crippen LogP contribution in [0.25, 0.3) is 11.5 Å². The number of carboxylic acids is 1. The van der Waals surface area contributed by atoms with Crippen molar-refractivity contribution in [3.63, 3.8) is 0 Å². The number of aryl methyl sites for hydroxylation is 1. The lowest BCUT2D eigenvalue weighted by Gasteiger charge is -2.32. The molecule has 21 heavy (non-hydrogen) atoms. The summed E-state index contributed by atoms with van der Waals surface area (Å²) in [5.74, 6) is -0.320. The van der Waals surface area contributed by atoms with Crippen LogP contribution in [0.4, 0.5) is 0 Å². The zero-order valence-corrected chi connectivity index (χ0v) is 11.6. The highest BCUT2D eigenvalue weighted by Crippen LogP contribution is 2.33. The molecule has 1 N–H and O–H groups in total. The second-order valence-corrected chi connectivity index (χ2v) is 5.20. The lowest BCUT2D eigenvalue weighted by molar-refractivity contribution is -0.156. The van der Waals surface area contributed by atoms with Crippen LogP contribution in [-0.2, 0) is 23.1 Å². The molecular formula is C12H16N6O3. The Morgan fingerprint density at radius 3 is 2.86 bits per heavy atom. The van der Waals surface area contributed by atoms with Gasteiger partial charge in [-0.25, -0.2) is 4.68 Å². The molecule has 0 unspecified atom stereocenters. The summed E-state index contributed by atoms with van der Waals surface area (Å²) in [6, 6.07) is 1.79. The van der Waals surface area contributed by atoms with Crippen LogP contribution >= 0.6 is 0 Å². The van der Waals surface area contributed by atoms with E-state index >= 15 is 0 Å². The number of carbonyl (C=O) groups is 1. The van der Waals surface area contributed by atoms with E-state index in [1.54, 1.807) is 24.0 Å². The Morgan fingerprint density at radius 2 is 2.24 bits per heavy atom. The molecule has 0 amide bonds. The molecule has 0 saturated carbocycles. The van der Waals surface area contributed by atoms with E-state index < -0.39 is 11.4 Å². The van der Waals surface area contributed by atoms with Crippen molar-refractivity contribution in [2.24, 2.45) is 12.5 Å². The fourth-order valence-electron chi connectivity index (χ4n) is 2.58. The number of ether oxygens (including phenoxy) is 1. The average Bonchev–Trinajstić information content (AvgIpc) is 3.08. The van der Waals surface area contributed by atoms with Crippen LogP contribution in [0.3, 0.4) is 0 Å². The van der Waals surface area contributed by atoms with Gasteiger partial charge in [-0.2, -0.15) is 5.10 Å². The zero-order valence-electron chi connectivity index (χ0n) is 11.6. The molecule has 1 saturated heterocycles. The predicted octanol–water partition coefficient (Wildman–Crippen LogP) is -0.0450. The Balaban J connectivity index is 1.93. The van der Waals surface area contributed by atoms with Crippen LogP contribution in [0, 0.1) is 5.41 Å². The first-order valence-electron chi connectivity index (χ1n) is 6.68. The summed E-state index contributed by atoms with van der Waals surface area (Å²) in [7, 11) is 1.79. The van der Waals surface area contributed by atoms with Gasteiger partial charge in [-0.3, -0.25) is 9.48 Å². The van der Waals surface area contributed by atoms with Gasteiger partial charge in [-0.1, -0.05) is 0 Å². The molecule has 0 radical (unpaired) electrons. The number of aromatic nitrogens is 6. The van der Waals surface area contributed by atoms with Gasteiger partial charge >= 0.3 is 5.97 Å². The molecule has 2 aromatic rings. The summed E-state index contributed by atoms with van der Waals surface area (Å²) >= 11 is 0. The van der Waals surface area contributed by atoms with Crippen molar-refractivity contribution >= 4 is 5.97 Å². The van der Waals surface area contributed by atoms with Gasteiger partial charge in [-0.15, -0.1) is 5.10 Å². The van der Waals surface area contributed by atoms with E-state index in [2.05, 4.69) is 20.6 Å². The van der Waals surface area contributed by atoms with Gasteiger partial charge < -0.3 is 9.84 Å². The summed E-state index contributed by atoms with van der Waals surface area (Å²) in [5.41, 5.74) is -0.145. The Labute approximate surface area is 120 Å². The molecule has 0 atom stereocenters. The maximum absolute atomic E-state index is 11.7. The van der Waals surface area contributed by atoms with Crippen molar-refractivity contribution in [1.82, 2.24) is 30.0 Å². The normalized spacial score (nSPS) is 17.8. The lowest BCUT2D eigenvalue weighted by atomic mass is 9.80. The number of tetrazole rings is 1. The van der Waals surface area contributed by atoms with Crippen molar-refractivity contribution in [3.8, 4) is 11.5 Å². The molecular weight excluding hydrogens is 276 g/mol. The Hall–Kier alpha value is -2.29. The van der Waals surface area contributed by atoms with Gasteiger partial charge in [0.2, 0.25) is 0 Å². The Morgan fingerprint density at radius 1 is 1.48 bits per heavy atom. The fourth-order valence-corrected chi connectivity index (χ4v) is 2.58. The summed E-state index contributed by atoms with van der Waals surface area (Å²) in [4.78, 5) is 11.7. The monoisotopic (exact) mass is 292 g/mol. The Bertz CT molecular complexity index is 643. The topological polar surface area (TPSA) is 108 Å².